The largest absolute Gasteiger partial charge is 0.465 e. The van der Waals surface area contributed by atoms with Crippen LogP contribution in [0.4, 0.5) is 0 Å². The van der Waals surface area contributed by atoms with E-state index in [1.165, 1.54) is 0 Å². The smallest absolute Gasteiger partial charge is 0.315 e. The number of ether oxygens (including phenoxy) is 3. The number of nitrogens with zero attached hydrogens (tertiary/aromatic N) is 1. The van der Waals surface area contributed by atoms with Gasteiger partial charge >= 0.3 is 5.97 Å². The Morgan fingerprint density at radius 3 is 2.74 bits per heavy atom. The van der Waals surface area contributed by atoms with Gasteiger partial charge in [-0.3, -0.25) is 14.6 Å². The van der Waals surface area contributed by atoms with Crippen LogP contribution in [0.3, 0.4) is 0 Å². The van der Waals surface area contributed by atoms with Gasteiger partial charge in [0, 0.05) is 29.3 Å². The van der Waals surface area contributed by atoms with E-state index in [4.69, 9.17) is 19.2 Å². The summed E-state index contributed by atoms with van der Waals surface area (Å²) in [6, 6.07) is 5.66. The first-order valence-electron chi connectivity index (χ1n) is 11.2. The van der Waals surface area contributed by atoms with E-state index in [1.54, 1.807) is 0 Å². The number of rotatable bonds is 6. The van der Waals surface area contributed by atoms with E-state index in [-0.39, 0.29) is 24.0 Å². The molecular formula is C25H31NO5. The molecule has 0 saturated carbocycles. The molecule has 0 N–H and O–H groups in total. The lowest BCUT2D eigenvalue weighted by atomic mass is 9.67. The molecule has 1 aliphatic carbocycles. The van der Waals surface area contributed by atoms with E-state index < -0.39 is 11.8 Å². The van der Waals surface area contributed by atoms with Crippen LogP contribution in [0.1, 0.15) is 71.3 Å². The molecule has 3 aliphatic rings. The van der Waals surface area contributed by atoms with Gasteiger partial charge in [0.05, 0.1) is 6.61 Å². The van der Waals surface area contributed by atoms with E-state index in [9.17, 15) is 9.59 Å². The summed E-state index contributed by atoms with van der Waals surface area (Å²) in [5.74, 6) is 0.0146. The molecule has 2 aliphatic heterocycles. The van der Waals surface area contributed by atoms with Gasteiger partial charge in [-0.2, -0.15) is 0 Å². The van der Waals surface area contributed by atoms with Crippen molar-refractivity contribution >= 4 is 17.5 Å². The Balaban J connectivity index is 1.74. The summed E-state index contributed by atoms with van der Waals surface area (Å²) in [7, 11) is 0. The number of Topliss-reactive ketones (excluding diaryl/α,β-unsaturated/α-hetero) is 1. The number of hydrogen-bond donors (Lipinski definition) is 0. The fourth-order valence-electron chi connectivity index (χ4n) is 4.83. The van der Waals surface area contributed by atoms with E-state index in [1.807, 2.05) is 25.1 Å². The van der Waals surface area contributed by atoms with Crippen molar-refractivity contribution in [2.24, 2.45) is 16.3 Å². The topological polar surface area (TPSA) is 74.2 Å². The summed E-state index contributed by atoms with van der Waals surface area (Å²) in [5.41, 5.74) is 2.87. The molecule has 166 valence electrons. The van der Waals surface area contributed by atoms with Crippen molar-refractivity contribution in [2.45, 2.75) is 65.7 Å². The Hall–Kier alpha value is -2.63. The van der Waals surface area contributed by atoms with Crippen molar-refractivity contribution in [2.75, 3.05) is 13.4 Å². The minimum atomic E-state index is -0.620. The molecule has 1 aromatic rings. The molecule has 31 heavy (non-hydrogen) atoms. The normalized spacial score (nSPS) is 24.0. The van der Waals surface area contributed by atoms with Gasteiger partial charge in [0.15, 0.2) is 17.3 Å². The fraction of sp³-hybridized carbons (Fsp3) is 0.560. The maximum Gasteiger partial charge on any atom is 0.315 e. The lowest BCUT2D eigenvalue weighted by Gasteiger charge is -2.39. The van der Waals surface area contributed by atoms with Crippen LogP contribution >= 0.6 is 0 Å². The summed E-state index contributed by atoms with van der Waals surface area (Å²) in [4.78, 5) is 31.3. The number of hydrogen-bond acceptors (Lipinski definition) is 6. The summed E-state index contributed by atoms with van der Waals surface area (Å²) in [5, 5.41) is 0. The molecule has 1 unspecified atom stereocenters. The summed E-state index contributed by atoms with van der Waals surface area (Å²) in [6.07, 6.45) is 4.06. The zero-order valence-corrected chi connectivity index (χ0v) is 18.8. The summed E-state index contributed by atoms with van der Waals surface area (Å²) in [6.45, 7) is 8.71. The fourth-order valence-corrected chi connectivity index (χ4v) is 4.83. The summed E-state index contributed by atoms with van der Waals surface area (Å²) < 4.78 is 16.7. The second-order valence-corrected chi connectivity index (χ2v) is 9.50. The van der Waals surface area contributed by atoms with Crippen molar-refractivity contribution < 1.29 is 23.8 Å². The first-order valence-corrected chi connectivity index (χ1v) is 11.2. The number of carbonyl (C=O) groups excluding carboxylic acids is 2. The van der Waals surface area contributed by atoms with E-state index in [2.05, 4.69) is 20.8 Å². The molecule has 0 radical (unpaired) electrons. The van der Waals surface area contributed by atoms with Gasteiger partial charge in [-0.1, -0.05) is 39.7 Å². The molecule has 0 amide bonds. The van der Waals surface area contributed by atoms with Crippen LogP contribution < -0.4 is 9.47 Å². The lowest BCUT2D eigenvalue weighted by molar-refractivity contribution is -0.146. The number of allylic oxidation sites excluding steroid dienone is 2. The van der Waals surface area contributed by atoms with Gasteiger partial charge in [0.1, 0.15) is 5.92 Å². The van der Waals surface area contributed by atoms with Gasteiger partial charge in [0.2, 0.25) is 6.79 Å². The van der Waals surface area contributed by atoms with E-state index in [0.29, 0.717) is 42.2 Å². The van der Waals surface area contributed by atoms with Crippen molar-refractivity contribution in [1.82, 2.24) is 0 Å². The van der Waals surface area contributed by atoms with E-state index in [0.717, 1.165) is 30.5 Å². The number of esters is 1. The van der Waals surface area contributed by atoms with Crippen LogP contribution in [0.15, 0.2) is 34.5 Å². The highest BCUT2D eigenvalue weighted by Crippen LogP contribution is 2.49. The zero-order valence-electron chi connectivity index (χ0n) is 18.8. The Labute approximate surface area is 183 Å². The molecule has 0 bridgehead atoms. The maximum atomic E-state index is 13.3. The Morgan fingerprint density at radius 2 is 1.97 bits per heavy atom. The predicted octanol–water partition coefficient (Wildman–Crippen LogP) is 4.97. The van der Waals surface area contributed by atoms with Gasteiger partial charge in [-0.05, 0) is 42.9 Å². The molecular weight excluding hydrogens is 394 g/mol. The Bertz CT molecular complexity index is 959. The van der Waals surface area contributed by atoms with Crippen LogP contribution in [0, 0.1) is 11.3 Å². The van der Waals surface area contributed by atoms with Gasteiger partial charge in [-0.15, -0.1) is 0 Å². The SMILES string of the molecule is CCCCCOC(=O)C1C(C)=NC2=C(C(=O)CC(C)(C)C2)[C@@H]1c1ccc2c(c1)OCO2. The minimum Gasteiger partial charge on any atom is -0.465 e. The zero-order chi connectivity index (χ0) is 22.2. The lowest BCUT2D eigenvalue weighted by Crippen LogP contribution is -2.39. The maximum absolute atomic E-state index is 13.3. The number of fused-ring (bicyclic) bond motifs is 1. The highest BCUT2D eigenvalue weighted by atomic mass is 16.7. The third-order valence-corrected chi connectivity index (χ3v) is 6.30. The monoisotopic (exact) mass is 425 g/mol. The quantitative estimate of drug-likeness (QED) is 0.475. The van der Waals surface area contributed by atoms with Crippen molar-refractivity contribution in [3.8, 4) is 11.5 Å². The number of carbonyl (C=O) groups is 2. The third kappa shape index (κ3) is 4.25. The first-order chi connectivity index (χ1) is 14.8. The van der Waals surface area contributed by atoms with E-state index >= 15 is 0 Å². The van der Waals surface area contributed by atoms with Crippen LogP contribution in [-0.2, 0) is 14.3 Å². The molecule has 1 aromatic carbocycles. The molecule has 0 fully saturated rings. The summed E-state index contributed by atoms with van der Waals surface area (Å²) >= 11 is 0. The minimum absolute atomic E-state index is 0.0638. The average molecular weight is 426 g/mol. The van der Waals surface area contributed by atoms with Crippen molar-refractivity contribution in [3.05, 3.63) is 35.0 Å². The van der Waals surface area contributed by atoms with Crippen LogP contribution in [0.5, 0.6) is 11.5 Å². The first kappa shape index (κ1) is 21.6. The number of unbranched alkanes of at least 4 members (excludes halogenated alkanes) is 2. The van der Waals surface area contributed by atoms with Gasteiger partial charge in [0.25, 0.3) is 0 Å². The third-order valence-electron chi connectivity index (χ3n) is 6.30. The number of aliphatic imine (C=N–C) groups is 1. The second-order valence-electron chi connectivity index (χ2n) is 9.50. The number of ketones is 1. The molecule has 0 aromatic heterocycles. The van der Waals surface area contributed by atoms with Crippen LogP contribution in [0.2, 0.25) is 0 Å². The average Bonchev–Trinajstić information content (AvgIpc) is 3.16. The Kier molecular flexibility index (Phi) is 5.91. The molecule has 2 heterocycles. The van der Waals surface area contributed by atoms with Crippen LogP contribution in [-0.4, -0.2) is 30.9 Å². The van der Waals surface area contributed by atoms with Crippen LogP contribution in [0.25, 0.3) is 0 Å². The molecule has 2 atom stereocenters. The highest BCUT2D eigenvalue weighted by Gasteiger charge is 2.46. The highest BCUT2D eigenvalue weighted by molar-refractivity contribution is 6.09. The molecule has 4 rings (SSSR count). The molecule has 0 saturated heterocycles. The van der Waals surface area contributed by atoms with Crippen molar-refractivity contribution in [1.29, 1.82) is 0 Å². The number of benzene rings is 1. The standard InChI is InChI=1S/C25H31NO5/c1-5-6-7-10-29-24(28)21-15(2)26-17-12-25(3,4)13-18(27)23(17)22(21)16-8-9-19-20(11-16)31-14-30-19/h8-9,11,21-22H,5-7,10,12-14H2,1-4H3/t21?,22-/m1/s1. The predicted molar refractivity (Wildman–Crippen MR) is 117 cm³/mol. The second kappa shape index (κ2) is 8.48. The molecule has 0 spiro atoms. The molecule has 6 nitrogen and oxygen atoms in total. The van der Waals surface area contributed by atoms with Gasteiger partial charge in [-0.25, -0.2) is 0 Å². The molecule has 6 heteroatoms. The van der Waals surface area contributed by atoms with Crippen molar-refractivity contribution in [3.63, 3.8) is 0 Å². The van der Waals surface area contributed by atoms with Gasteiger partial charge < -0.3 is 14.2 Å². The Morgan fingerprint density at radius 1 is 1.19 bits per heavy atom.